The molecule has 1 aromatic rings. The molecule has 5 heteroatoms. The highest BCUT2D eigenvalue weighted by atomic mass is 16.3. The molecule has 1 unspecified atom stereocenters. The average Bonchev–Trinajstić information content (AvgIpc) is 2.96. The number of aryl methyl sites for hydroxylation is 2. The summed E-state index contributed by atoms with van der Waals surface area (Å²) in [7, 11) is 1.90. The van der Waals surface area contributed by atoms with Crippen molar-refractivity contribution in [1.82, 2.24) is 14.7 Å². The molecule has 112 valence electrons. The number of aromatic nitrogens is 2. The maximum Gasteiger partial charge on any atom is 0.227 e. The number of likely N-dealkylation sites (tertiary alicyclic amines) is 1. The van der Waals surface area contributed by atoms with Gasteiger partial charge in [-0.1, -0.05) is 6.92 Å². The molecule has 0 saturated carbocycles. The number of rotatable bonds is 4. The van der Waals surface area contributed by atoms with Crippen molar-refractivity contribution in [1.29, 1.82) is 0 Å². The van der Waals surface area contributed by atoms with Crippen LogP contribution in [0.4, 0.5) is 0 Å². The van der Waals surface area contributed by atoms with Gasteiger partial charge in [0, 0.05) is 24.8 Å². The van der Waals surface area contributed by atoms with Gasteiger partial charge in [-0.3, -0.25) is 9.48 Å². The van der Waals surface area contributed by atoms with Crippen LogP contribution in [0.25, 0.3) is 0 Å². The summed E-state index contributed by atoms with van der Waals surface area (Å²) in [4.78, 5) is 14.5. The van der Waals surface area contributed by atoms with Gasteiger partial charge >= 0.3 is 0 Å². The van der Waals surface area contributed by atoms with Gasteiger partial charge in [-0.25, -0.2) is 0 Å². The maximum atomic E-state index is 12.6. The molecule has 1 aromatic heterocycles. The molecule has 1 fully saturated rings. The molecule has 0 radical (unpaired) electrons. The van der Waals surface area contributed by atoms with E-state index >= 15 is 0 Å². The van der Waals surface area contributed by atoms with Gasteiger partial charge in [0.2, 0.25) is 5.91 Å². The van der Waals surface area contributed by atoms with Crippen molar-refractivity contribution in [3.8, 4) is 0 Å². The molecule has 0 spiro atoms. The number of hydrogen-bond donors (Lipinski definition) is 1. The Morgan fingerprint density at radius 1 is 1.45 bits per heavy atom. The normalized spacial score (nSPS) is 22.6. The third kappa shape index (κ3) is 2.35. The van der Waals surface area contributed by atoms with Crippen LogP contribution in [0, 0.1) is 13.8 Å². The van der Waals surface area contributed by atoms with Crippen LogP contribution in [-0.4, -0.2) is 44.4 Å². The lowest BCUT2D eigenvalue weighted by Gasteiger charge is -2.36. The topological polar surface area (TPSA) is 58.4 Å². The number of hydrogen-bond acceptors (Lipinski definition) is 3. The van der Waals surface area contributed by atoms with E-state index in [0.717, 1.165) is 42.8 Å². The fourth-order valence-corrected chi connectivity index (χ4v) is 3.29. The lowest BCUT2D eigenvalue weighted by atomic mass is 9.93. The molecule has 1 aliphatic rings. The van der Waals surface area contributed by atoms with Crippen molar-refractivity contribution in [2.24, 2.45) is 7.05 Å². The summed E-state index contributed by atoms with van der Waals surface area (Å²) in [5.74, 6) is 0.109. The Morgan fingerprint density at radius 3 is 2.65 bits per heavy atom. The summed E-state index contributed by atoms with van der Waals surface area (Å²) in [6, 6.07) is 0. The molecular formula is C15H25N3O2. The zero-order valence-corrected chi connectivity index (χ0v) is 12.9. The first kappa shape index (κ1) is 15.0. The smallest absolute Gasteiger partial charge is 0.227 e. The summed E-state index contributed by atoms with van der Waals surface area (Å²) in [6.07, 6.45) is 3.06. The second-order valence-corrected chi connectivity index (χ2v) is 5.83. The molecular weight excluding hydrogens is 254 g/mol. The Hall–Kier alpha value is -1.36. The van der Waals surface area contributed by atoms with Crippen molar-refractivity contribution in [2.75, 3.05) is 13.2 Å². The van der Waals surface area contributed by atoms with E-state index in [1.165, 1.54) is 0 Å². The number of aliphatic hydroxyl groups excluding tert-OH is 1. The molecule has 0 aliphatic carbocycles. The Kier molecular flexibility index (Phi) is 4.18. The van der Waals surface area contributed by atoms with E-state index in [1.807, 2.05) is 37.4 Å². The highest BCUT2D eigenvalue weighted by Crippen LogP contribution is 2.32. The van der Waals surface area contributed by atoms with Crippen LogP contribution in [0.15, 0.2) is 0 Å². The number of carbonyl (C=O) groups excluding carboxylic acids is 1. The fourth-order valence-electron chi connectivity index (χ4n) is 3.29. The number of carbonyl (C=O) groups is 1. The van der Waals surface area contributed by atoms with Gasteiger partial charge in [-0.15, -0.1) is 0 Å². The van der Waals surface area contributed by atoms with E-state index in [4.69, 9.17) is 0 Å². The molecule has 1 atom stereocenters. The van der Waals surface area contributed by atoms with E-state index in [9.17, 15) is 9.90 Å². The first-order valence-corrected chi connectivity index (χ1v) is 7.35. The number of amides is 1. The second-order valence-electron chi connectivity index (χ2n) is 5.83. The summed E-state index contributed by atoms with van der Waals surface area (Å²) in [5.41, 5.74) is 2.64. The number of nitrogens with zero attached hydrogens (tertiary/aromatic N) is 3. The molecule has 1 amide bonds. The Labute approximate surface area is 120 Å². The van der Waals surface area contributed by atoms with Gasteiger partial charge in [-0.05, 0) is 33.1 Å². The zero-order valence-electron chi connectivity index (χ0n) is 12.9. The van der Waals surface area contributed by atoms with Gasteiger partial charge in [0.1, 0.15) is 0 Å². The summed E-state index contributed by atoms with van der Waals surface area (Å²) >= 11 is 0. The highest BCUT2D eigenvalue weighted by Gasteiger charge is 2.41. The van der Waals surface area contributed by atoms with E-state index < -0.39 is 0 Å². The summed E-state index contributed by atoms with van der Waals surface area (Å²) < 4.78 is 1.82. The summed E-state index contributed by atoms with van der Waals surface area (Å²) in [6.45, 7) is 6.79. The minimum Gasteiger partial charge on any atom is -0.394 e. The van der Waals surface area contributed by atoms with Crippen LogP contribution in [0.2, 0.25) is 0 Å². The van der Waals surface area contributed by atoms with Crippen molar-refractivity contribution >= 4 is 5.91 Å². The van der Waals surface area contributed by atoms with Gasteiger partial charge in [-0.2, -0.15) is 5.10 Å². The van der Waals surface area contributed by atoms with Crippen LogP contribution in [0.3, 0.4) is 0 Å². The first-order chi connectivity index (χ1) is 9.45. The first-order valence-electron chi connectivity index (χ1n) is 7.35. The van der Waals surface area contributed by atoms with Crippen LogP contribution in [-0.2, 0) is 18.3 Å². The lowest BCUT2D eigenvalue weighted by molar-refractivity contribution is -0.136. The third-order valence-corrected chi connectivity index (χ3v) is 4.84. The third-order valence-electron chi connectivity index (χ3n) is 4.84. The van der Waals surface area contributed by atoms with Crippen molar-refractivity contribution in [3.63, 3.8) is 0 Å². The SMILES string of the molecule is CCC1(CO)CCCN1C(=O)Cc1c(C)nn(C)c1C. The summed E-state index contributed by atoms with van der Waals surface area (Å²) in [5, 5.41) is 14.1. The van der Waals surface area contributed by atoms with E-state index in [1.54, 1.807) is 0 Å². The lowest BCUT2D eigenvalue weighted by Crippen LogP contribution is -2.50. The van der Waals surface area contributed by atoms with Crippen molar-refractivity contribution < 1.29 is 9.90 Å². The molecule has 2 rings (SSSR count). The standard InChI is InChI=1S/C15H25N3O2/c1-5-15(10-19)7-6-8-18(15)14(20)9-13-11(2)16-17(4)12(13)3/h19H,5-10H2,1-4H3. The zero-order chi connectivity index (χ0) is 14.9. The molecule has 0 bridgehead atoms. The Morgan fingerprint density at radius 2 is 2.15 bits per heavy atom. The van der Waals surface area contributed by atoms with Gasteiger partial charge in [0.05, 0.1) is 24.3 Å². The second kappa shape index (κ2) is 5.56. The molecule has 5 nitrogen and oxygen atoms in total. The van der Waals surface area contributed by atoms with Crippen LogP contribution >= 0.6 is 0 Å². The highest BCUT2D eigenvalue weighted by molar-refractivity contribution is 5.80. The molecule has 0 aromatic carbocycles. The maximum absolute atomic E-state index is 12.6. The largest absolute Gasteiger partial charge is 0.394 e. The minimum atomic E-state index is -0.346. The van der Waals surface area contributed by atoms with E-state index in [2.05, 4.69) is 5.10 Å². The number of aliphatic hydroxyl groups is 1. The molecule has 2 heterocycles. The predicted molar refractivity (Wildman–Crippen MR) is 77.4 cm³/mol. The molecule has 20 heavy (non-hydrogen) atoms. The monoisotopic (exact) mass is 279 g/mol. The molecule has 1 N–H and O–H groups in total. The van der Waals surface area contributed by atoms with Gasteiger partial charge in [0.25, 0.3) is 0 Å². The molecule has 1 aliphatic heterocycles. The van der Waals surface area contributed by atoms with Crippen molar-refractivity contribution in [3.05, 3.63) is 17.0 Å². The quantitative estimate of drug-likeness (QED) is 0.905. The van der Waals surface area contributed by atoms with E-state index in [-0.39, 0.29) is 18.1 Å². The van der Waals surface area contributed by atoms with Gasteiger partial charge < -0.3 is 10.0 Å². The predicted octanol–water partition coefficient (Wildman–Crippen LogP) is 1.34. The molecule has 1 saturated heterocycles. The van der Waals surface area contributed by atoms with Crippen LogP contribution in [0.5, 0.6) is 0 Å². The average molecular weight is 279 g/mol. The van der Waals surface area contributed by atoms with Crippen LogP contribution in [0.1, 0.15) is 43.1 Å². The van der Waals surface area contributed by atoms with Gasteiger partial charge in [0.15, 0.2) is 0 Å². The fraction of sp³-hybridized carbons (Fsp3) is 0.733. The Bertz CT molecular complexity index is 503. The van der Waals surface area contributed by atoms with Crippen molar-refractivity contribution in [2.45, 2.75) is 52.0 Å². The van der Waals surface area contributed by atoms with E-state index in [0.29, 0.717) is 6.42 Å². The van der Waals surface area contributed by atoms with Crippen LogP contribution < -0.4 is 0 Å². The Balaban J connectivity index is 2.20. The minimum absolute atomic E-state index is 0.0558.